The second-order valence-corrected chi connectivity index (χ2v) is 11.6. The Balaban J connectivity index is 1.26. The summed E-state index contributed by atoms with van der Waals surface area (Å²) in [6.07, 6.45) is 0. The molecule has 46 heavy (non-hydrogen) atoms. The number of hydrogen-bond donors (Lipinski definition) is 0. The van der Waals surface area contributed by atoms with Crippen molar-refractivity contribution in [3.05, 3.63) is 170 Å². The lowest BCUT2D eigenvalue weighted by atomic mass is 9.99. The monoisotopic (exact) mass is 588 g/mol. The summed E-state index contributed by atoms with van der Waals surface area (Å²) < 4.78 is 6.52. The lowest BCUT2D eigenvalue weighted by Gasteiger charge is -2.26. The van der Waals surface area contributed by atoms with Crippen molar-refractivity contribution < 1.29 is 4.42 Å². The molecule has 1 heterocycles. The van der Waals surface area contributed by atoms with Gasteiger partial charge in [0.15, 0.2) is 5.58 Å². The number of aromatic nitrogens is 1. The number of anilines is 3. The van der Waals surface area contributed by atoms with Crippen LogP contribution in [0.3, 0.4) is 0 Å². The van der Waals surface area contributed by atoms with Crippen LogP contribution >= 0.6 is 0 Å². The molecule has 3 nitrogen and oxygen atoms in total. The molecule has 0 atom stereocenters. The zero-order valence-corrected chi connectivity index (χ0v) is 25.0. The van der Waals surface area contributed by atoms with Crippen molar-refractivity contribution in [3.8, 4) is 22.6 Å². The van der Waals surface area contributed by atoms with Crippen LogP contribution in [-0.4, -0.2) is 4.98 Å². The van der Waals surface area contributed by atoms with E-state index in [2.05, 4.69) is 144 Å². The topological polar surface area (TPSA) is 29.3 Å². The van der Waals surface area contributed by atoms with Gasteiger partial charge in [0.2, 0.25) is 5.89 Å². The van der Waals surface area contributed by atoms with Gasteiger partial charge >= 0.3 is 0 Å². The maximum absolute atomic E-state index is 6.52. The Kier molecular flexibility index (Phi) is 6.14. The van der Waals surface area contributed by atoms with Gasteiger partial charge in [0.1, 0.15) is 5.52 Å². The number of nitrogens with zero attached hydrogens (tertiary/aromatic N) is 2. The minimum Gasteiger partial charge on any atom is -0.435 e. The predicted octanol–water partition coefficient (Wildman–Crippen LogP) is 12.1. The van der Waals surface area contributed by atoms with E-state index in [1.807, 2.05) is 30.3 Å². The Bertz CT molecular complexity index is 2520. The molecular formula is C43H28N2O. The van der Waals surface area contributed by atoms with Crippen LogP contribution in [0.2, 0.25) is 0 Å². The first kappa shape index (κ1) is 26.2. The van der Waals surface area contributed by atoms with Crippen LogP contribution in [0.1, 0.15) is 0 Å². The van der Waals surface area contributed by atoms with Gasteiger partial charge in [-0.2, -0.15) is 0 Å². The van der Waals surface area contributed by atoms with E-state index in [0.29, 0.717) is 5.89 Å². The largest absolute Gasteiger partial charge is 0.435 e. The van der Waals surface area contributed by atoms with Gasteiger partial charge in [-0.3, -0.25) is 0 Å². The zero-order chi connectivity index (χ0) is 30.5. The molecule has 0 spiro atoms. The lowest BCUT2D eigenvalue weighted by molar-refractivity contribution is 0.623. The molecule has 0 bridgehead atoms. The number of fused-ring (bicyclic) bond motifs is 7. The van der Waals surface area contributed by atoms with Gasteiger partial charge in [-0.15, -0.1) is 0 Å². The highest BCUT2D eigenvalue weighted by molar-refractivity contribution is 6.23. The molecule has 0 radical (unpaired) electrons. The second kappa shape index (κ2) is 10.8. The maximum Gasteiger partial charge on any atom is 0.227 e. The van der Waals surface area contributed by atoms with E-state index < -0.39 is 0 Å². The van der Waals surface area contributed by atoms with Crippen LogP contribution in [-0.2, 0) is 0 Å². The average molecular weight is 589 g/mol. The molecule has 0 N–H and O–H groups in total. The van der Waals surface area contributed by atoms with Crippen molar-refractivity contribution in [2.24, 2.45) is 0 Å². The summed E-state index contributed by atoms with van der Waals surface area (Å²) in [6.45, 7) is 0. The summed E-state index contributed by atoms with van der Waals surface area (Å²) in [5.74, 6) is 0.633. The minimum atomic E-state index is 0.633. The third-order valence-electron chi connectivity index (χ3n) is 8.85. The molecule has 0 saturated heterocycles. The van der Waals surface area contributed by atoms with Crippen molar-refractivity contribution in [3.63, 3.8) is 0 Å². The maximum atomic E-state index is 6.52. The highest BCUT2D eigenvalue weighted by Crippen LogP contribution is 2.42. The highest BCUT2D eigenvalue weighted by Gasteiger charge is 2.19. The zero-order valence-electron chi connectivity index (χ0n) is 25.0. The molecule has 0 amide bonds. The van der Waals surface area contributed by atoms with Crippen molar-refractivity contribution in [2.75, 3.05) is 4.90 Å². The van der Waals surface area contributed by atoms with Crippen molar-refractivity contribution in [1.29, 1.82) is 0 Å². The van der Waals surface area contributed by atoms with Crippen molar-refractivity contribution in [1.82, 2.24) is 4.98 Å². The summed E-state index contributed by atoms with van der Waals surface area (Å²) in [6, 6.07) is 59.9. The van der Waals surface area contributed by atoms with Gasteiger partial charge in [-0.1, -0.05) is 115 Å². The third kappa shape index (κ3) is 4.41. The van der Waals surface area contributed by atoms with Gasteiger partial charge in [0.05, 0.1) is 0 Å². The van der Waals surface area contributed by atoms with Gasteiger partial charge in [0.25, 0.3) is 0 Å². The fraction of sp³-hybridized carbons (Fsp3) is 0. The summed E-state index contributed by atoms with van der Waals surface area (Å²) >= 11 is 0. The molecule has 0 saturated carbocycles. The van der Waals surface area contributed by atoms with Gasteiger partial charge in [0, 0.05) is 33.4 Å². The van der Waals surface area contributed by atoms with Crippen LogP contribution in [0.5, 0.6) is 0 Å². The fourth-order valence-electron chi connectivity index (χ4n) is 6.60. The molecular weight excluding hydrogens is 560 g/mol. The first-order valence-corrected chi connectivity index (χ1v) is 15.5. The van der Waals surface area contributed by atoms with Crippen LogP contribution in [0.4, 0.5) is 17.1 Å². The normalized spacial score (nSPS) is 11.5. The quantitative estimate of drug-likeness (QED) is 0.187. The molecule has 0 aliphatic rings. The summed E-state index contributed by atoms with van der Waals surface area (Å²) in [5.41, 5.74) is 8.31. The van der Waals surface area contributed by atoms with Gasteiger partial charge in [-0.05, 0) is 87.3 Å². The van der Waals surface area contributed by atoms with E-state index in [1.54, 1.807) is 0 Å². The Morgan fingerprint density at radius 1 is 0.391 bits per heavy atom. The Labute approximate surface area is 266 Å². The van der Waals surface area contributed by atoms with E-state index in [9.17, 15) is 0 Å². The van der Waals surface area contributed by atoms with Crippen molar-refractivity contribution >= 4 is 60.5 Å². The molecule has 1 aromatic heterocycles. The van der Waals surface area contributed by atoms with Crippen molar-refractivity contribution in [2.45, 2.75) is 0 Å². The molecule has 3 heteroatoms. The van der Waals surface area contributed by atoms with E-state index >= 15 is 0 Å². The summed E-state index contributed by atoms with van der Waals surface area (Å²) in [7, 11) is 0. The average Bonchev–Trinajstić information content (AvgIpc) is 3.59. The molecule has 0 fully saturated rings. The first-order chi connectivity index (χ1) is 22.8. The Hall–Kier alpha value is -6.19. The standard InChI is InChI=1S/C43H28N2O/c1-3-11-29(12-4-1)31-19-22-34(23-20-31)45(35-24-21-30-13-7-8-16-33(30)27-35)36-25-26-39-40(28-36)37-17-9-10-18-38(37)41-42(39)46-43(44-41)32-14-5-2-6-15-32/h1-28H. The molecule has 0 unspecified atom stereocenters. The molecule has 9 rings (SSSR count). The minimum absolute atomic E-state index is 0.633. The first-order valence-electron chi connectivity index (χ1n) is 15.5. The molecule has 8 aromatic carbocycles. The van der Waals surface area contributed by atoms with Crippen LogP contribution in [0.25, 0.3) is 66.0 Å². The molecule has 9 aromatic rings. The van der Waals surface area contributed by atoms with Gasteiger partial charge in [-0.25, -0.2) is 4.98 Å². The van der Waals surface area contributed by atoms with Crippen LogP contribution < -0.4 is 4.90 Å². The predicted molar refractivity (Wildman–Crippen MR) is 192 cm³/mol. The van der Waals surface area contributed by atoms with Crippen LogP contribution in [0.15, 0.2) is 174 Å². The highest BCUT2D eigenvalue weighted by atomic mass is 16.3. The number of benzene rings is 8. The summed E-state index contributed by atoms with van der Waals surface area (Å²) in [5, 5.41) is 6.83. The summed E-state index contributed by atoms with van der Waals surface area (Å²) in [4.78, 5) is 7.34. The Morgan fingerprint density at radius 3 is 1.76 bits per heavy atom. The van der Waals surface area contributed by atoms with Crippen LogP contribution in [0, 0.1) is 0 Å². The fourth-order valence-corrected chi connectivity index (χ4v) is 6.60. The number of oxazole rings is 1. The lowest BCUT2D eigenvalue weighted by Crippen LogP contribution is -2.10. The number of hydrogen-bond acceptors (Lipinski definition) is 3. The van der Waals surface area contributed by atoms with Gasteiger partial charge < -0.3 is 9.32 Å². The molecule has 216 valence electrons. The van der Waals surface area contributed by atoms with E-state index in [4.69, 9.17) is 9.40 Å². The van der Waals surface area contributed by atoms with E-state index in [0.717, 1.165) is 55.3 Å². The number of rotatable bonds is 5. The van der Waals surface area contributed by atoms with E-state index in [-0.39, 0.29) is 0 Å². The Morgan fingerprint density at radius 2 is 0.978 bits per heavy atom. The third-order valence-corrected chi connectivity index (χ3v) is 8.85. The molecule has 0 aliphatic heterocycles. The SMILES string of the molecule is c1ccc(-c2ccc(N(c3ccc4ccccc4c3)c3ccc4c(c3)c3ccccc3c3nc(-c5ccccc5)oc43)cc2)cc1. The molecule has 0 aliphatic carbocycles. The second-order valence-electron chi connectivity index (χ2n) is 11.6. The smallest absolute Gasteiger partial charge is 0.227 e. The van der Waals surface area contributed by atoms with E-state index in [1.165, 1.54) is 21.9 Å².